The van der Waals surface area contributed by atoms with Crippen molar-refractivity contribution in [1.29, 1.82) is 0 Å². The lowest BCUT2D eigenvalue weighted by Crippen LogP contribution is -2.57. The molecule has 1 amide bonds. The summed E-state index contributed by atoms with van der Waals surface area (Å²) in [6.45, 7) is 6.73. The molecule has 0 aliphatic heterocycles. The van der Waals surface area contributed by atoms with Crippen molar-refractivity contribution in [3.8, 4) is 11.5 Å². The Hall–Kier alpha value is -2.08. The highest BCUT2D eigenvalue weighted by Gasteiger charge is 2.37. The molecule has 20 heavy (non-hydrogen) atoms. The van der Waals surface area contributed by atoms with Gasteiger partial charge in [-0.25, -0.2) is 0 Å². The van der Waals surface area contributed by atoms with Crippen molar-refractivity contribution in [1.82, 2.24) is 10.5 Å². The predicted octanol–water partition coefficient (Wildman–Crippen LogP) is 2.21. The van der Waals surface area contributed by atoms with Crippen LogP contribution in [0.2, 0.25) is 0 Å². The third-order valence-corrected chi connectivity index (χ3v) is 3.46. The van der Waals surface area contributed by atoms with Gasteiger partial charge in [0.2, 0.25) is 5.76 Å². The van der Waals surface area contributed by atoms with Crippen LogP contribution in [-0.2, 0) is 0 Å². The number of rotatable bonds is 4. The average Bonchev–Trinajstić information content (AvgIpc) is 2.98. The number of nitrogens with zero attached hydrogens (tertiary/aromatic N) is 1. The molecule has 2 rings (SSSR count). The van der Waals surface area contributed by atoms with Gasteiger partial charge in [-0.15, -0.1) is 0 Å². The van der Waals surface area contributed by atoms with Crippen LogP contribution in [0.4, 0.5) is 0 Å². The van der Waals surface area contributed by atoms with E-state index in [1.807, 2.05) is 0 Å². The largest absolute Gasteiger partial charge is 0.461 e. The molecule has 0 atom stereocenters. The molecule has 0 aromatic carbocycles. The zero-order valence-corrected chi connectivity index (χ0v) is 11.9. The molecule has 0 fully saturated rings. The van der Waals surface area contributed by atoms with Crippen LogP contribution in [0.15, 0.2) is 33.4 Å². The van der Waals surface area contributed by atoms with E-state index in [0.717, 1.165) is 0 Å². The molecule has 0 bridgehead atoms. The molecule has 0 aliphatic rings. The lowest BCUT2D eigenvalue weighted by molar-refractivity contribution is -0.00308. The number of aliphatic hydroxyl groups is 1. The second kappa shape index (κ2) is 4.79. The zero-order chi connectivity index (χ0) is 15.0. The van der Waals surface area contributed by atoms with Crippen LogP contribution in [0.3, 0.4) is 0 Å². The van der Waals surface area contributed by atoms with Gasteiger partial charge < -0.3 is 19.4 Å². The maximum absolute atomic E-state index is 12.1. The van der Waals surface area contributed by atoms with Crippen LogP contribution in [-0.4, -0.2) is 27.3 Å². The molecular formula is C14H18N2O4. The lowest BCUT2D eigenvalue weighted by Gasteiger charge is -2.37. The second-order valence-corrected chi connectivity index (χ2v) is 5.69. The minimum atomic E-state index is -1.07. The Bertz CT molecular complexity index is 591. The predicted molar refractivity (Wildman–Crippen MR) is 72.0 cm³/mol. The van der Waals surface area contributed by atoms with Crippen LogP contribution in [0.5, 0.6) is 0 Å². The fourth-order valence-electron chi connectivity index (χ4n) is 1.42. The van der Waals surface area contributed by atoms with E-state index >= 15 is 0 Å². The molecule has 6 heteroatoms. The van der Waals surface area contributed by atoms with Crippen molar-refractivity contribution in [3.05, 3.63) is 30.2 Å². The first kappa shape index (κ1) is 14.3. The number of carbonyl (C=O) groups excluding carboxylic acids is 1. The molecule has 2 N–H and O–H groups in total. The van der Waals surface area contributed by atoms with Crippen LogP contribution in [0.25, 0.3) is 11.5 Å². The van der Waals surface area contributed by atoms with E-state index in [4.69, 9.17) is 8.94 Å². The number of hydrogen-bond acceptors (Lipinski definition) is 5. The molecule has 0 aliphatic carbocycles. The lowest BCUT2D eigenvalue weighted by atomic mass is 9.86. The summed E-state index contributed by atoms with van der Waals surface area (Å²) in [6.07, 6.45) is 1.51. The summed E-state index contributed by atoms with van der Waals surface area (Å²) in [4.78, 5) is 12.1. The van der Waals surface area contributed by atoms with E-state index in [9.17, 15) is 9.90 Å². The topological polar surface area (TPSA) is 88.5 Å². The van der Waals surface area contributed by atoms with Gasteiger partial charge in [0.15, 0.2) is 11.5 Å². The summed E-state index contributed by atoms with van der Waals surface area (Å²) in [6, 6.07) is 4.92. The number of carbonyl (C=O) groups is 1. The van der Waals surface area contributed by atoms with Crippen molar-refractivity contribution in [2.75, 3.05) is 0 Å². The van der Waals surface area contributed by atoms with Crippen molar-refractivity contribution in [3.63, 3.8) is 0 Å². The van der Waals surface area contributed by atoms with Gasteiger partial charge in [0.1, 0.15) is 0 Å². The van der Waals surface area contributed by atoms with Gasteiger partial charge in [0.05, 0.1) is 17.4 Å². The van der Waals surface area contributed by atoms with E-state index < -0.39 is 17.0 Å². The minimum Gasteiger partial charge on any atom is -0.461 e. The van der Waals surface area contributed by atoms with Gasteiger partial charge in [0, 0.05) is 6.07 Å². The first-order valence-electron chi connectivity index (χ1n) is 6.26. The Kier molecular flexibility index (Phi) is 3.43. The van der Waals surface area contributed by atoms with Crippen molar-refractivity contribution in [2.24, 2.45) is 0 Å². The molecule has 0 saturated carbocycles. The maximum Gasteiger partial charge on any atom is 0.274 e. The summed E-state index contributed by atoms with van der Waals surface area (Å²) >= 11 is 0. The SMILES string of the molecule is CC(C)(O)C(C)(C)NC(=O)c1cc(-c2ccco2)on1. The Morgan fingerprint density at radius 1 is 1.30 bits per heavy atom. The Labute approximate surface area is 116 Å². The quantitative estimate of drug-likeness (QED) is 0.895. The number of hydrogen-bond donors (Lipinski definition) is 2. The molecule has 0 spiro atoms. The van der Waals surface area contributed by atoms with Crippen LogP contribution in [0, 0.1) is 0 Å². The number of nitrogens with one attached hydrogen (secondary N) is 1. The van der Waals surface area contributed by atoms with Gasteiger partial charge in [-0.1, -0.05) is 5.16 Å². The standard InChI is InChI=1S/C14H18N2O4/c1-13(2,14(3,4)18)15-12(17)9-8-11(20-16-9)10-6-5-7-19-10/h5-8,18H,1-4H3,(H,15,17). The highest BCUT2D eigenvalue weighted by molar-refractivity contribution is 5.93. The first-order valence-corrected chi connectivity index (χ1v) is 6.26. The van der Waals surface area contributed by atoms with Gasteiger partial charge in [0.25, 0.3) is 5.91 Å². The molecule has 0 unspecified atom stereocenters. The summed E-state index contributed by atoms with van der Waals surface area (Å²) < 4.78 is 10.2. The Morgan fingerprint density at radius 2 is 2.00 bits per heavy atom. The first-order chi connectivity index (χ1) is 9.21. The van der Waals surface area contributed by atoms with Gasteiger partial charge in [-0.2, -0.15) is 0 Å². The second-order valence-electron chi connectivity index (χ2n) is 5.69. The highest BCUT2D eigenvalue weighted by Crippen LogP contribution is 2.23. The monoisotopic (exact) mass is 278 g/mol. The number of amides is 1. The van der Waals surface area contributed by atoms with Gasteiger partial charge >= 0.3 is 0 Å². The number of furan rings is 1. The van der Waals surface area contributed by atoms with E-state index in [-0.39, 0.29) is 5.69 Å². The van der Waals surface area contributed by atoms with Crippen molar-refractivity contribution < 1.29 is 18.8 Å². The van der Waals surface area contributed by atoms with Gasteiger partial charge in [-0.05, 0) is 39.8 Å². The molecule has 6 nitrogen and oxygen atoms in total. The maximum atomic E-state index is 12.1. The molecule has 108 valence electrons. The summed E-state index contributed by atoms with van der Waals surface area (Å²) in [7, 11) is 0. The van der Waals surface area contributed by atoms with E-state index in [2.05, 4.69) is 10.5 Å². The van der Waals surface area contributed by atoms with E-state index in [1.54, 1.807) is 39.8 Å². The smallest absolute Gasteiger partial charge is 0.274 e. The summed E-state index contributed by atoms with van der Waals surface area (Å²) in [5.74, 6) is 0.457. The fourth-order valence-corrected chi connectivity index (χ4v) is 1.42. The molecular weight excluding hydrogens is 260 g/mol. The third kappa shape index (κ3) is 2.75. The van der Waals surface area contributed by atoms with Crippen molar-refractivity contribution >= 4 is 5.91 Å². The highest BCUT2D eigenvalue weighted by atomic mass is 16.5. The summed E-state index contributed by atoms with van der Waals surface area (Å²) in [5, 5.41) is 16.5. The van der Waals surface area contributed by atoms with Gasteiger partial charge in [-0.3, -0.25) is 4.79 Å². The third-order valence-electron chi connectivity index (χ3n) is 3.46. The van der Waals surface area contributed by atoms with Crippen molar-refractivity contribution in [2.45, 2.75) is 38.8 Å². The Balaban J connectivity index is 2.15. The normalized spacial score (nSPS) is 12.4. The molecule has 2 aromatic heterocycles. The molecule has 2 heterocycles. The summed E-state index contributed by atoms with van der Waals surface area (Å²) in [5.41, 5.74) is -1.75. The van der Waals surface area contributed by atoms with E-state index in [0.29, 0.717) is 11.5 Å². The van der Waals surface area contributed by atoms with Crippen LogP contribution >= 0.6 is 0 Å². The zero-order valence-electron chi connectivity index (χ0n) is 11.9. The molecule has 2 aromatic rings. The number of aromatic nitrogens is 1. The average molecular weight is 278 g/mol. The molecule has 0 radical (unpaired) electrons. The fraction of sp³-hybridized carbons (Fsp3) is 0.429. The van der Waals surface area contributed by atoms with Crippen LogP contribution < -0.4 is 5.32 Å². The van der Waals surface area contributed by atoms with Crippen LogP contribution in [0.1, 0.15) is 38.2 Å². The molecule has 0 saturated heterocycles. The minimum absolute atomic E-state index is 0.133. The van der Waals surface area contributed by atoms with E-state index in [1.165, 1.54) is 12.3 Å². The Morgan fingerprint density at radius 3 is 2.55 bits per heavy atom.